The lowest BCUT2D eigenvalue weighted by Gasteiger charge is -2.13. The number of pyridine rings is 1. The number of carbonyl (C=O) groups is 1. The number of carbonyl (C=O) groups excluding carboxylic acids is 1. The average Bonchev–Trinajstić information content (AvgIpc) is 2.66. The second-order valence-corrected chi connectivity index (χ2v) is 6.48. The number of amides is 1. The second kappa shape index (κ2) is 11.2. The number of halogens is 1. The van der Waals surface area contributed by atoms with Crippen LogP contribution in [0.3, 0.4) is 0 Å². The molecule has 0 saturated carbocycles. The maximum atomic E-state index is 11.7. The van der Waals surface area contributed by atoms with E-state index in [1.165, 1.54) is 0 Å². The standard InChI is InChI=1S/C20H26ClN5O/c1-3-5-19(27)26-17-7-4-6-16(12-17)14-25-20(22-2)23-11-10-15-8-9-18(21)24-13-15/h4,6-9,12-13H,3,5,10-11,14H2,1-2H3,(H,26,27)(H2,22,23,25). The van der Waals surface area contributed by atoms with Crippen LogP contribution in [0.15, 0.2) is 47.6 Å². The van der Waals surface area contributed by atoms with Crippen LogP contribution in [-0.2, 0) is 17.8 Å². The summed E-state index contributed by atoms with van der Waals surface area (Å²) in [5.41, 5.74) is 2.98. The highest BCUT2D eigenvalue weighted by atomic mass is 35.5. The first-order chi connectivity index (χ1) is 13.1. The molecular formula is C20H26ClN5O. The van der Waals surface area contributed by atoms with Gasteiger partial charge in [-0.25, -0.2) is 4.98 Å². The fourth-order valence-corrected chi connectivity index (χ4v) is 2.61. The van der Waals surface area contributed by atoms with E-state index in [1.807, 2.05) is 37.3 Å². The molecule has 2 rings (SSSR count). The molecule has 0 radical (unpaired) electrons. The molecule has 1 aromatic carbocycles. The molecule has 0 aliphatic carbocycles. The number of aliphatic imine (C=N–C) groups is 1. The molecule has 0 saturated heterocycles. The highest BCUT2D eigenvalue weighted by Crippen LogP contribution is 2.11. The lowest BCUT2D eigenvalue weighted by molar-refractivity contribution is -0.116. The molecule has 144 valence electrons. The van der Waals surface area contributed by atoms with Crippen molar-refractivity contribution in [3.8, 4) is 0 Å². The summed E-state index contributed by atoms with van der Waals surface area (Å²) >= 11 is 5.79. The molecule has 0 spiro atoms. The predicted octanol–water partition coefficient (Wildman–Crippen LogP) is 3.38. The van der Waals surface area contributed by atoms with E-state index >= 15 is 0 Å². The van der Waals surface area contributed by atoms with Crippen molar-refractivity contribution in [2.75, 3.05) is 18.9 Å². The van der Waals surface area contributed by atoms with Crippen molar-refractivity contribution in [1.82, 2.24) is 15.6 Å². The van der Waals surface area contributed by atoms with Crippen LogP contribution in [0.5, 0.6) is 0 Å². The van der Waals surface area contributed by atoms with Crippen LogP contribution in [0.1, 0.15) is 30.9 Å². The third-order valence-electron chi connectivity index (χ3n) is 3.87. The van der Waals surface area contributed by atoms with Crippen LogP contribution in [0.2, 0.25) is 5.15 Å². The molecule has 1 heterocycles. The summed E-state index contributed by atoms with van der Waals surface area (Å²) in [7, 11) is 1.74. The van der Waals surface area contributed by atoms with E-state index in [-0.39, 0.29) is 5.91 Å². The zero-order chi connectivity index (χ0) is 19.5. The van der Waals surface area contributed by atoms with Crippen LogP contribution < -0.4 is 16.0 Å². The predicted molar refractivity (Wildman–Crippen MR) is 111 cm³/mol. The number of benzene rings is 1. The largest absolute Gasteiger partial charge is 0.356 e. The van der Waals surface area contributed by atoms with E-state index in [1.54, 1.807) is 19.3 Å². The summed E-state index contributed by atoms with van der Waals surface area (Å²) in [6, 6.07) is 11.6. The Kier molecular flexibility index (Phi) is 8.58. The minimum atomic E-state index is 0.0387. The first-order valence-corrected chi connectivity index (χ1v) is 9.42. The van der Waals surface area contributed by atoms with Crippen LogP contribution >= 0.6 is 11.6 Å². The number of guanidine groups is 1. The number of hydrogen-bond donors (Lipinski definition) is 3. The van der Waals surface area contributed by atoms with Gasteiger partial charge in [-0.2, -0.15) is 0 Å². The minimum Gasteiger partial charge on any atom is -0.356 e. The Morgan fingerprint density at radius 1 is 1.19 bits per heavy atom. The maximum absolute atomic E-state index is 11.7. The van der Waals surface area contributed by atoms with Crippen molar-refractivity contribution >= 4 is 29.2 Å². The Balaban J connectivity index is 1.79. The molecule has 1 amide bonds. The number of anilines is 1. The van der Waals surface area contributed by atoms with E-state index in [9.17, 15) is 4.79 Å². The van der Waals surface area contributed by atoms with Gasteiger partial charge in [0.05, 0.1) is 0 Å². The van der Waals surface area contributed by atoms with Crippen LogP contribution in [-0.4, -0.2) is 30.4 Å². The van der Waals surface area contributed by atoms with Crippen molar-refractivity contribution < 1.29 is 4.79 Å². The molecule has 27 heavy (non-hydrogen) atoms. The Labute approximate surface area is 165 Å². The summed E-state index contributed by atoms with van der Waals surface area (Å²) in [4.78, 5) is 20.0. The van der Waals surface area contributed by atoms with Gasteiger partial charge in [0.2, 0.25) is 5.91 Å². The van der Waals surface area contributed by atoms with E-state index < -0.39 is 0 Å². The van der Waals surface area contributed by atoms with Crippen LogP contribution in [0.25, 0.3) is 0 Å². The number of aromatic nitrogens is 1. The molecule has 1 aromatic heterocycles. The van der Waals surface area contributed by atoms with Gasteiger partial charge in [0.25, 0.3) is 0 Å². The third-order valence-corrected chi connectivity index (χ3v) is 4.09. The Morgan fingerprint density at radius 2 is 2.04 bits per heavy atom. The second-order valence-electron chi connectivity index (χ2n) is 6.09. The van der Waals surface area contributed by atoms with Crippen LogP contribution in [0, 0.1) is 0 Å². The molecule has 6 nitrogen and oxygen atoms in total. The smallest absolute Gasteiger partial charge is 0.224 e. The van der Waals surface area contributed by atoms with Gasteiger partial charge in [0, 0.05) is 38.4 Å². The molecule has 0 aliphatic heterocycles. The minimum absolute atomic E-state index is 0.0387. The number of nitrogens with one attached hydrogen (secondary N) is 3. The quantitative estimate of drug-likeness (QED) is 0.368. The van der Waals surface area contributed by atoms with Crippen molar-refractivity contribution in [1.29, 1.82) is 0 Å². The normalized spacial score (nSPS) is 11.1. The highest BCUT2D eigenvalue weighted by Gasteiger charge is 2.03. The van der Waals surface area contributed by atoms with Gasteiger partial charge in [-0.1, -0.05) is 36.7 Å². The highest BCUT2D eigenvalue weighted by molar-refractivity contribution is 6.29. The summed E-state index contributed by atoms with van der Waals surface area (Å²) in [5, 5.41) is 9.96. The van der Waals surface area contributed by atoms with Crippen molar-refractivity contribution in [3.05, 3.63) is 58.9 Å². The Morgan fingerprint density at radius 3 is 2.74 bits per heavy atom. The third kappa shape index (κ3) is 7.66. The zero-order valence-corrected chi connectivity index (χ0v) is 16.5. The number of hydrogen-bond acceptors (Lipinski definition) is 3. The van der Waals surface area contributed by atoms with Gasteiger partial charge in [0.1, 0.15) is 5.15 Å². The zero-order valence-electron chi connectivity index (χ0n) is 15.8. The van der Waals surface area contributed by atoms with Crippen molar-refractivity contribution in [2.45, 2.75) is 32.7 Å². The summed E-state index contributed by atoms with van der Waals surface area (Å²) in [6.07, 6.45) is 3.96. The first-order valence-electron chi connectivity index (χ1n) is 9.04. The lowest BCUT2D eigenvalue weighted by Crippen LogP contribution is -2.37. The SMILES string of the molecule is CCCC(=O)Nc1cccc(CNC(=NC)NCCc2ccc(Cl)nc2)c1. The molecular weight excluding hydrogens is 362 g/mol. The Hall–Kier alpha value is -2.60. The van der Waals surface area contributed by atoms with Gasteiger partial charge >= 0.3 is 0 Å². The van der Waals surface area contributed by atoms with E-state index in [0.29, 0.717) is 18.1 Å². The molecule has 0 aliphatic rings. The van der Waals surface area contributed by atoms with Crippen LogP contribution in [0.4, 0.5) is 5.69 Å². The van der Waals surface area contributed by atoms with Gasteiger partial charge < -0.3 is 16.0 Å². The van der Waals surface area contributed by atoms with Gasteiger partial charge in [-0.3, -0.25) is 9.79 Å². The van der Waals surface area contributed by atoms with Gasteiger partial charge in [-0.05, 0) is 42.2 Å². The van der Waals surface area contributed by atoms with Crippen molar-refractivity contribution in [3.63, 3.8) is 0 Å². The molecule has 7 heteroatoms. The molecule has 0 unspecified atom stereocenters. The summed E-state index contributed by atoms with van der Waals surface area (Å²) < 4.78 is 0. The molecule has 3 N–H and O–H groups in total. The maximum Gasteiger partial charge on any atom is 0.224 e. The lowest BCUT2D eigenvalue weighted by atomic mass is 10.2. The molecule has 0 atom stereocenters. The van der Waals surface area contributed by atoms with E-state index in [0.717, 1.165) is 42.2 Å². The Bertz CT molecular complexity index is 761. The van der Waals surface area contributed by atoms with Crippen molar-refractivity contribution in [2.24, 2.45) is 4.99 Å². The van der Waals surface area contributed by atoms with E-state index in [2.05, 4.69) is 25.9 Å². The number of nitrogens with zero attached hydrogens (tertiary/aromatic N) is 2. The fraction of sp³-hybridized carbons (Fsp3) is 0.350. The summed E-state index contributed by atoms with van der Waals surface area (Å²) in [5.74, 6) is 0.758. The monoisotopic (exact) mass is 387 g/mol. The first kappa shape index (κ1) is 20.7. The van der Waals surface area contributed by atoms with Gasteiger partial charge in [0.15, 0.2) is 5.96 Å². The summed E-state index contributed by atoms with van der Waals surface area (Å²) in [6.45, 7) is 3.33. The fourth-order valence-electron chi connectivity index (χ4n) is 2.50. The molecule has 0 fully saturated rings. The number of rotatable bonds is 8. The molecule has 0 bridgehead atoms. The topological polar surface area (TPSA) is 78.4 Å². The van der Waals surface area contributed by atoms with Gasteiger partial charge in [-0.15, -0.1) is 0 Å². The van der Waals surface area contributed by atoms with E-state index in [4.69, 9.17) is 11.6 Å². The average molecular weight is 388 g/mol. The molecule has 2 aromatic rings.